The Hall–Kier alpha value is -1.10. The van der Waals surface area contributed by atoms with Crippen LogP contribution in [0.4, 0.5) is 0 Å². The Balaban J connectivity index is 3.41. The molecule has 0 saturated carbocycles. The minimum Gasteiger partial charge on any atom is -0.372 e. The predicted molar refractivity (Wildman–Crippen MR) is 52.8 cm³/mol. The van der Waals surface area contributed by atoms with Crippen LogP contribution in [0.3, 0.4) is 0 Å². The zero-order valence-corrected chi connectivity index (χ0v) is 8.76. The van der Waals surface area contributed by atoms with Crippen LogP contribution in [-0.2, 0) is 14.3 Å². The third-order valence-corrected chi connectivity index (χ3v) is 1.46. The van der Waals surface area contributed by atoms with Gasteiger partial charge < -0.3 is 15.4 Å². The topological polar surface area (TPSA) is 67.4 Å². The molecule has 0 saturated heterocycles. The van der Waals surface area contributed by atoms with Crippen LogP contribution in [0.25, 0.3) is 0 Å². The van der Waals surface area contributed by atoms with Gasteiger partial charge in [0.05, 0.1) is 6.54 Å². The molecule has 0 fully saturated rings. The number of hydrogen-bond acceptors (Lipinski definition) is 3. The Kier molecular flexibility index (Phi) is 7.83. The monoisotopic (exact) mass is 202 g/mol. The maximum absolute atomic E-state index is 11.0. The molecule has 0 aliphatic rings. The van der Waals surface area contributed by atoms with Crippen LogP contribution < -0.4 is 10.6 Å². The second kappa shape index (κ2) is 8.50. The lowest BCUT2D eigenvalue weighted by molar-refractivity contribution is -0.128. The molecular weight excluding hydrogens is 184 g/mol. The number of rotatable bonds is 7. The average molecular weight is 202 g/mol. The number of nitrogens with one attached hydrogen (secondary N) is 2. The molecule has 0 aromatic rings. The lowest BCUT2D eigenvalue weighted by atomic mass is 10.4. The Morgan fingerprint density at radius 2 is 1.86 bits per heavy atom. The minimum atomic E-state index is -0.265. The van der Waals surface area contributed by atoms with E-state index in [1.165, 1.54) is 0 Å². The van der Waals surface area contributed by atoms with E-state index in [9.17, 15) is 9.59 Å². The van der Waals surface area contributed by atoms with Crippen molar-refractivity contribution in [2.24, 2.45) is 0 Å². The standard InChI is InChI=1S/C9H18N2O3/c1-3-5-10-8(12)6-11-9(13)7-14-4-2/h3-7H2,1-2H3,(H,10,12)(H,11,13). The summed E-state index contributed by atoms with van der Waals surface area (Å²) in [6.45, 7) is 4.94. The molecule has 0 aromatic carbocycles. The molecule has 0 bridgehead atoms. The van der Waals surface area contributed by atoms with Gasteiger partial charge in [0.2, 0.25) is 11.8 Å². The van der Waals surface area contributed by atoms with Crippen LogP contribution in [0.2, 0.25) is 0 Å². The van der Waals surface area contributed by atoms with Gasteiger partial charge in [-0.2, -0.15) is 0 Å². The molecule has 14 heavy (non-hydrogen) atoms. The summed E-state index contributed by atoms with van der Waals surface area (Å²) < 4.78 is 4.86. The fraction of sp³-hybridized carbons (Fsp3) is 0.778. The summed E-state index contributed by atoms with van der Waals surface area (Å²) in [4.78, 5) is 22.0. The van der Waals surface area contributed by atoms with E-state index in [4.69, 9.17) is 4.74 Å². The molecule has 0 aromatic heterocycles. The van der Waals surface area contributed by atoms with Crippen LogP contribution in [0.1, 0.15) is 20.3 Å². The quantitative estimate of drug-likeness (QED) is 0.594. The Bertz CT molecular complexity index is 163. The highest BCUT2D eigenvalue weighted by molar-refractivity contribution is 5.85. The van der Waals surface area contributed by atoms with Crippen molar-refractivity contribution in [3.63, 3.8) is 0 Å². The number of amides is 2. The fourth-order valence-corrected chi connectivity index (χ4v) is 0.752. The molecule has 82 valence electrons. The highest BCUT2D eigenvalue weighted by Gasteiger charge is 2.03. The van der Waals surface area contributed by atoms with Crippen molar-refractivity contribution in [3.8, 4) is 0 Å². The van der Waals surface area contributed by atoms with Crippen LogP contribution in [0.5, 0.6) is 0 Å². The van der Waals surface area contributed by atoms with Crippen molar-refractivity contribution < 1.29 is 14.3 Å². The predicted octanol–water partition coefficient (Wildman–Crippen LogP) is -0.335. The van der Waals surface area contributed by atoms with E-state index < -0.39 is 0 Å². The summed E-state index contributed by atoms with van der Waals surface area (Å²) in [5.41, 5.74) is 0. The van der Waals surface area contributed by atoms with Crippen molar-refractivity contribution in [1.82, 2.24) is 10.6 Å². The SMILES string of the molecule is CCCNC(=O)CNC(=O)COCC. The van der Waals surface area contributed by atoms with Crippen LogP contribution in [-0.4, -0.2) is 38.1 Å². The van der Waals surface area contributed by atoms with Crippen LogP contribution >= 0.6 is 0 Å². The zero-order chi connectivity index (χ0) is 10.8. The van der Waals surface area contributed by atoms with Crippen molar-refractivity contribution in [1.29, 1.82) is 0 Å². The Labute approximate surface area is 84.2 Å². The van der Waals surface area contributed by atoms with Crippen molar-refractivity contribution in [2.45, 2.75) is 20.3 Å². The summed E-state index contributed by atoms with van der Waals surface area (Å²) in [7, 11) is 0. The van der Waals surface area contributed by atoms with E-state index in [1.54, 1.807) is 6.92 Å². The normalized spacial score (nSPS) is 9.57. The third kappa shape index (κ3) is 7.54. The van der Waals surface area contributed by atoms with Gasteiger partial charge in [-0.1, -0.05) is 6.92 Å². The molecule has 5 nitrogen and oxygen atoms in total. The zero-order valence-electron chi connectivity index (χ0n) is 8.76. The van der Waals surface area contributed by atoms with E-state index in [0.717, 1.165) is 6.42 Å². The molecule has 2 amide bonds. The van der Waals surface area contributed by atoms with Crippen LogP contribution in [0, 0.1) is 0 Å². The fourth-order valence-electron chi connectivity index (χ4n) is 0.752. The smallest absolute Gasteiger partial charge is 0.246 e. The van der Waals surface area contributed by atoms with Gasteiger partial charge in [0.15, 0.2) is 0 Å². The molecule has 0 heterocycles. The first-order valence-electron chi connectivity index (χ1n) is 4.81. The molecule has 5 heteroatoms. The average Bonchev–Trinajstić information content (AvgIpc) is 2.20. The Morgan fingerprint density at radius 1 is 1.14 bits per heavy atom. The second-order valence-electron chi connectivity index (χ2n) is 2.76. The third-order valence-electron chi connectivity index (χ3n) is 1.46. The maximum Gasteiger partial charge on any atom is 0.246 e. The molecular formula is C9H18N2O3. The first-order valence-corrected chi connectivity index (χ1v) is 4.81. The van der Waals surface area contributed by atoms with Crippen molar-refractivity contribution >= 4 is 11.8 Å². The molecule has 0 atom stereocenters. The van der Waals surface area contributed by atoms with E-state index in [1.807, 2.05) is 6.92 Å². The largest absolute Gasteiger partial charge is 0.372 e. The number of carbonyl (C=O) groups excluding carboxylic acids is 2. The highest BCUT2D eigenvalue weighted by Crippen LogP contribution is 1.74. The maximum atomic E-state index is 11.0. The molecule has 0 spiro atoms. The van der Waals surface area contributed by atoms with Gasteiger partial charge in [0.25, 0.3) is 0 Å². The van der Waals surface area contributed by atoms with Gasteiger partial charge >= 0.3 is 0 Å². The van der Waals surface area contributed by atoms with Gasteiger partial charge in [-0.25, -0.2) is 0 Å². The summed E-state index contributed by atoms with van der Waals surface area (Å²) in [6, 6.07) is 0. The summed E-state index contributed by atoms with van der Waals surface area (Å²) >= 11 is 0. The first kappa shape index (κ1) is 12.9. The molecule has 0 unspecified atom stereocenters. The molecule has 0 rings (SSSR count). The molecule has 0 aliphatic carbocycles. The summed E-state index contributed by atoms with van der Waals surface area (Å²) in [5, 5.41) is 5.10. The van der Waals surface area contributed by atoms with Gasteiger partial charge in [-0.15, -0.1) is 0 Å². The van der Waals surface area contributed by atoms with E-state index in [0.29, 0.717) is 13.2 Å². The van der Waals surface area contributed by atoms with Gasteiger partial charge in [-0.05, 0) is 13.3 Å². The van der Waals surface area contributed by atoms with E-state index in [-0.39, 0.29) is 25.0 Å². The van der Waals surface area contributed by atoms with E-state index >= 15 is 0 Å². The lowest BCUT2D eigenvalue weighted by Crippen LogP contribution is -2.38. The van der Waals surface area contributed by atoms with Gasteiger partial charge in [0.1, 0.15) is 6.61 Å². The van der Waals surface area contributed by atoms with Crippen molar-refractivity contribution in [2.75, 3.05) is 26.3 Å². The molecule has 0 radical (unpaired) electrons. The Morgan fingerprint density at radius 3 is 2.43 bits per heavy atom. The van der Waals surface area contributed by atoms with Gasteiger partial charge in [0, 0.05) is 13.2 Å². The highest BCUT2D eigenvalue weighted by atomic mass is 16.5. The van der Waals surface area contributed by atoms with Gasteiger partial charge in [-0.3, -0.25) is 9.59 Å². The van der Waals surface area contributed by atoms with Crippen molar-refractivity contribution in [3.05, 3.63) is 0 Å². The number of hydrogen-bond donors (Lipinski definition) is 2. The minimum absolute atomic E-state index is 0.0115. The lowest BCUT2D eigenvalue weighted by Gasteiger charge is -2.05. The molecule has 2 N–H and O–H groups in total. The van der Waals surface area contributed by atoms with E-state index in [2.05, 4.69) is 10.6 Å². The number of ether oxygens (including phenoxy) is 1. The second-order valence-corrected chi connectivity index (χ2v) is 2.76. The summed E-state index contributed by atoms with van der Waals surface area (Å²) in [5.74, 6) is -0.435. The molecule has 0 aliphatic heterocycles. The van der Waals surface area contributed by atoms with Crippen LogP contribution in [0.15, 0.2) is 0 Å². The first-order chi connectivity index (χ1) is 6.70. The number of carbonyl (C=O) groups is 2. The summed E-state index contributed by atoms with van der Waals surface area (Å²) in [6.07, 6.45) is 0.888.